The van der Waals surface area contributed by atoms with Gasteiger partial charge in [0.05, 0.1) is 11.6 Å². The lowest BCUT2D eigenvalue weighted by Crippen LogP contribution is -2.36. The fourth-order valence-corrected chi connectivity index (χ4v) is 3.13. The van der Waals surface area contributed by atoms with Crippen molar-refractivity contribution in [3.05, 3.63) is 81.7 Å². The first-order chi connectivity index (χ1) is 14.1. The molecule has 0 fully saturated rings. The molecule has 0 saturated carbocycles. The predicted octanol–water partition coefficient (Wildman–Crippen LogP) is 4.17. The summed E-state index contributed by atoms with van der Waals surface area (Å²) >= 11 is 12.2. The Hall–Kier alpha value is -2.70. The molecule has 3 aromatic rings. The second-order valence-corrected chi connectivity index (χ2v) is 7.15. The van der Waals surface area contributed by atoms with Crippen molar-refractivity contribution in [2.45, 2.75) is 19.7 Å². The Morgan fingerprint density at radius 2 is 1.83 bits per heavy atom. The smallest absolute Gasteiger partial charge is 0.213 e. The van der Waals surface area contributed by atoms with Crippen LogP contribution in [0.4, 0.5) is 0 Å². The molecule has 0 unspecified atom stereocenters. The van der Waals surface area contributed by atoms with E-state index in [0.29, 0.717) is 41.7 Å². The molecule has 0 spiro atoms. The molecule has 0 amide bonds. The normalized spacial score (nSPS) is 11.4. The van der Waals surface area contributed by atoms with Gasteiger partial charge in [-0.1, -0.05) is 53.5 Å². The lowest BCUT2D eigenvalue weighted by atomic mass is 10.2. The zero-order chi connectivity index (χ0) is 20.6. The van der Waals surface area contributed by atoms with Crippen molar-refractivity contribution in [3.63, 3.8) is 0 Å². The maximum atomic E-state index is 6.11. The van der Waals surface area contributed by atoms with Gasteiger partial charge in [0.2, 0.25) is 5.88 Å². The molecule has 2 N–H and O–H groups in total. The van der Waals surface area contributed by atoms with E-state index in [1.165, 1.54) is 0 Å². The molecule has 29 heavy (non-hydrogen) atoms. The van der Waals surface area contributed by atoms with Crippen molar-refractivity contribution in [3.8, 4) is 5.88 Å². The number of nitrogens with one attached hydrogen (secondary N) is 2. The number of hydrogen-bond acceptors (Lipinski definition) is 3. The van der Waals surface area contributed by atoms with E-state index < -0.39 is 0 Å². The zero-order valence-corrected chi connectivity index (χ0v) is 17.8. The molecule has 0 aliphatic rings. The molecule has 1 aromatic carbocycles. The van der Waals surface area contributed by atoms with Gasteiger partial charge in [0.15, 0.2) is 5.96 Å². The number of pyridine rings is 1. The summed E-state index contributed by atoms with van der Waals surface area (Å²) in [5, 5.41) is 7.59. The van der Waals surface area contributed by atoms with Gasteiger partial charge in [-0.15, -0.1) is 0 Å². The van der Waals surface area contributed by atoms with Gasteiger partial charge in [0, 0.05) is 38.6 Å². The number of aromatic nitrogens is 2. The van der Waals surface area contributed by atoms with Crippen LogP contribution in [-0.2, 0) is 26.7 Å². The number of halogens is 2. The maximum absolute atomic E-state index is 6.11. The van der Waals surface area contributed by atoms with Crippen molar-refractivity contribution < 1.29 is 4.74 Å². The zero-order valence-electron chi connectivity index (χ0n) is 16.3. The van der Waals surface area contributed by atoms with Gasteiger partial charge < -0.3 is 19.9 Å². The number of nitrogens with zero attached hydrogens (tertiary/aromatic N) is 3. The SMILES string of the molecule is CN=C(NCc1ccnc(OCc2ccccc2)c1)NCc1cc(Cl)c(Cl)n1C. The molecular formula is C21H23Cl2N5O. The highest BCUT2D eigenvalue weighted by Gasteiger charge is 2.09. The van der Waals surface area contributed by atoms with Gasteiger partial charge in [-0.2, -0.15) is 0 Å². The van der Waals surface area contributed by atoms with Gasteiger partial charge in [-0.25, -0.2) is 4.98 Å². The molecule has 3 rings (SSSR count). The lowest BCUT2D eigenvalue weighted by Gasteiger charge is -2.13. The van der Waals surface area contributed by atoms with Crippen LogP contribution in [0.5, 0.6) is 5.88 Å². The van der Waals surface area contributed by atoms with Gasteiger partial charge in [-0.3, -0.25) is 4.99 Å². The van der Waals surface area contributed by atoms with Gasteiger partial charge in [0.25, 0.3) is 0 Å². The fourth-order valence-electron chi connectivity index (χ4n) is 2.71. The number of benzene rings is 1. The number of guanidine groups is 1. The molecule has 0 aliphatic carbocycles. The molecule has 0 radical (unpaired) electrons. The minimum Gasteiger partial charge on any atom is -0.473 e. The van der Waals surface area contributed by atoms with E-state index in [0.717, 1.165) is 16.8 Å². The third-order valence-electron chi connectivity index (χ3n) is 4.37. The standard InChI is InChI=1S/C21H23Cl2N5O/c1-24-21(27-13-17-11-18(22)20(23)28(17)2)26-12-16-8-9-25-19(10-16)29-14-15-6-4-3-5-7-15/h3-11H,12-14H2,1-2H3,(H2,24,26,27). The molecule has 6 nitrogen and oxygen atoms in total. The highest BCUT2D eigenvalue weighted by Crippen LogP contribution is 2.24. The minimum absolute atomic E-state index is 0.482. The Morgan fingerprint density at radius 3 is 2.52 bits per heavy atom. The maximum Gasteiger partial charge on any atom is 0.213 e. The van der Waals surface area contributed by atoms with Crippen LogP contribution < -0.4 is 15.4 Å². The number of aliphatic imine (C=N–C) groups is 1. The number of ether oxygens (including phenoxy) is 1. The third-order valence-corrected chi connectivity index (χ3v) is 5.21. The molecule has 0 saturated heterocycles. The van der Waals surface area contributed by atoms with E-state index in [-0.39, 0.29) is 0 Å². The first kappa shape index (κ1) is 21.0. The average Bonchev–Trinajstić information content (AvgIpc) is 3.00. The van der Waals surface area contributed by atoms with Crippen LogP contribution >= 0.6 is 23.2 Å². The summed E-state index contributed by atoms with van der Waals surface area (Å²) in [5.74, 6) is 1.26. The first-order valence-electron chi connectivity index (χ1n) is 9.12. The van der Waals surface area contributed by atoms with Gasteiger partial charge in [0.1, 0.15) is 11.8 Å². The van der Waals surface area contributed by atoms with E-state index in [4.69, 9.17) is 27.9 Å². The number of rotatable bonds is 7. The van der Waals surface area contributed by atoms with Crippen LogP contribution in [0, 0.1) is 0 Å². The second-order valence-electron chi connectivity index (χ2n) is 6.39. The van der Waals surface area contributed by atoms with Crippen LogP contribution in [0.3, 0.4) is 0 Å². The Morgan fingerprint density at radius 1 is 1.07 bits per heavy atom. The first-order valence-corrected chi connectivity index (χ1v) is 9.88. The summed E-state index contributed by atoms with van der Waals surface area (Å²) in [6.45, 7) is 1.61. The van der Waals surface area contributed by atoms with Crippen molar-refractivity contribution >= 4 is 29.2 Å². The Bertz CT molecular complexity index is 972. The summed E-state index contributed by atoms with van der Waals surface area (Å²) in [5.41, 5.74) is 3.10. The van der Waals surface area contributed by atoms with Crippen molar-refractivity contribution in [1.82, 2.24) is 20.2 Å². The fraction of sp³-hybridized carbons (Fsp3) is 0.238. The quantitative estimate of drug-likeness (QED) is 0.435. The van der Waals surface area contributed by atoms with E-state index in [9.17, 15) is 0 Å². The van der Waals surface area contributed by atoms with E-state index in [1.54, 1.807) is 13.2 Å². The molecular weight excluding hydrogens is 409 g/mol. The summed E-state index contributed by atoms with van der Waals surface area (Å²) in [7, 11) is 3.59. The Balaban J connectivity index is 1.52. The molecule has 0 bridgehead atoms. The van der Waals surface area contributed by atoms with Crippen LogP contribution in [0.15, 0.2) is 59.7 Å². The topological polar surface area (TPSA) is 63.5 Å². The Kier molecular flexibility index (Phi) is 7.38. The Labute approximate surface area is 180 Å². The van der Waals surface area contributed by atoms with Crippen LogP contribution in [0.2, 0.25) is 10.2 Å². The number of hydrogen-bond donors (Lipinski definition) is 2. The largest absolute Gasteiger partial charge is 0.473 e. The van der Waals surface area contributed by atoms with Crippen molar-refractivity contribution in [2.75, 3.05) is 7.05 Å². The summed E-state index contributed by atoms with van der Waals surface area (Å²) in [6.07, 6.45) is 1.74. The second kappa shape index (κ2) is 10.2. The molecule has 2 heterocycles. The van der Waals surface area contributed by atoms with E-state index >= 15 is 0 Å². The van der Waals surface area contributed by atoms with E-state index in [1.807, 2.05) is 60.1 Å². The highest BCUT2D eigenvalue weighted by molar-refractivity contribution is 6.41. The van der Waals surface area contributed by atoms with Crippen LogP contribution in [0.25, 0.3) is 0 Å². The summed E-state index contributed by atoms with van der Waals surface area (Å²) in [4.78, 5) is 8.52. The summed E-state index contributed by atoms with van der Waals surface area (Å²) in [6, 6.07) is 15.7. The minimum atomic E-state index is 0.482. The molecule has 152 valence electrons. The van der Waals surface area contributed by atoms with Gasteiger partial charge >= 0.3 is 0 Å². The van der Waals surface area contributed by atoms with Crippen molar-refractivity contribution in [1.29, 1.82) is 0 Å². The average molecular weight is 432 g/mol. The van der Waals surface area contributed by atoms with E-state index in [2.05, 4.69) is 20.6 Å². The lowest BCUT2D eigenvalue weighted by molar-refractivity contribution is 0.293. The van der Waals surface area contributed by atoms with Crippen LogP contribution in [-0.4, -0.2) is 22.6 Å². The van der Waals surface area contributed by atoms with Gasteiger partial charge in [-0.05, 0) is 23.3 Å². The van der Waals surface area contributed by atoms with Crippen LogP contribution in [0.1, 0.15) is 16.8 Å². The summed E-state index contributed by atoms with van der Waals surface area (Å²) < 4.78 is 7.62. The molecule has 2 aromatic heterocycles. The highest BCUT2D eigenvalue weighted by atomic mass is 35.5. The molecule has 0 aliphatic heterocycles. The predicted molar refractivity (Wildman–Crippen MR) is 117 cm³/mol. The molecule has 0 atom stereocenters. The molecule has 8 heteroatoms. The third kappa shape index (κ3) is 5.89. The monoisotopic (exact) mass is 431 g/mol. The van der Waals surface area contributed by atoms with Crippen molar-refractivity contribution in [2.24, 2.45) is 12.0 Å².